The van der Waals surface area contributed by atoms with Gasteiger partial charge in [0.25, 0.3) is 0 Å². The molecule has 6 heteroatoms. The molecule has 106 valence electrons. The number of ether oxygens (including phenoxy) is 2. The van der Waals surface area contributed by atoms with Gasteiger partial charge in [0.05, 0.1) is 24.2 Å². The molecule has 0 spiro atoms. The maximum atomic E-state index is 5.71. The van der Waals surface area contributed by atoms with Crippen LogP contribution in [0.2, 0.25) is 0 Å². The van der Waals surface area contributed by atoms with Gasteiger partial charge >= 0.3 is 0 Å². The highest BCUT2D eigenvalue weighted by Gasteiger charge is 2.14. The summed E-state index contributed by atoms with van der Waals surface area (Å²) in [7, 11) is 0. The number of H-pyrrole nitrogens is 1. The van der Waals surface area contributed by atoms with Crippen LogP contribution in [0, 0.1) is 0 Å². The van der Waals surface area contributed by atoms with Crippen LogP contribution in [-0.2, 0) is 0 Å². The molecule has 2 aromatic heterocycles. The third-order valence-electron chi connectivity index (χ3n) is 3.36. The number of nitrogens with two attached hydrogens (primary N) is 1. The molecule has 0 aliphatic carbocycles. The Labute approximate surface area is 120 Å². The van der Waals surface area contributed by atoms with Crippen LogP contribution >= 0.6 is 0 Å². The van der Waals surface area contributed by atoms with Gasteiger partial charge in [0.1, 0.15) is 11.5 Å². The van der Waals surface area contributed by atoms with Gasteiger partial charge in [-0.15, -0.1) is 0 Å². The summed E-state index contributed by atoms with van der Waals surface area (Å²) < 4.78 is 11.4. The van der Waals surface area contributed by atoms with E-state index < -0.39 is 0 Å². The third-order valence-corrected chi connectivity index (χ3v) is 3.36. The van der Waals surface area contributed by atoms with Crippen LogP contribution in [0.3, 0.4) is 0 Å². The number of pyridine rings is 1. The van der Waals surface area contributed by atoms with Crippen molar-refractivity contribution in [3.05, 3.63) is 30.3 Å². The lowest BCUT2D eigenvalue weighted by molar-refractivity contribution is 0.297. The molecule has 4 rings (SSSR count). The van der Waals surface area contributed by atoms with Crippen molar-refractivity contribution in [3.63, 3.8) is 0 Å². The van der Waals surface area contributed by atoms with E-state index in [4.69, 9.17) is 15.2 Å². The molecule has 6 nitrogen and oxygen atoms in total. The first-order valence-electron chi connectivity index (χ1n) is 6.82. The maximum absolute atomic E-state index is 5.71. The van der Waals surface area contributed by atoms with Gasteiger partial charge in [0.2, 0.25) is 0 Å². The summed E-state index contributed by atoms with van der Waals surface area (Å²) in [6, 6.07) is 9.27. The first-order chi connectivity index (χ1) is 10.3. The van der Waals surface area contributed by atoms with Crippen molar-refractivity contribution in [3.8, 4) is 23.0 Å². The molecule has 1 aromatic carbocycles. The predicted molar refractivity (Wildman–Crippen MR) is 79.3 cm³/mol. The molecule has 0 saturated heterocycles. The van der Waals surface area contributed by atoms with Gasteiger partial charge in [0, 0.05) is 18.6 Å². The SMILES string of the molecule is Nc1cccc(-c2nc3cc4c(cc3[nH]2)OCCCO4)n1. The number of nitrogens with one attached hydrogen (secondary N) is 1. The number of hydrogen-bond donors (Lipinski definition) is 2. The number of benzene rings is 1. The minimum atomic E-state index is 0.468. The Morgan fingerprint density at radius 2 is 1.86 bits per heavy atom. The van der Waals surface area contributed by atoms with E-state index in [9.17, 15) is 0 Å². The zero-order valence-corrected chi connectivity index (χ0v) is 11.3. The van der Waals surface area contributed by atoms with E-state index in [0.717, 1.165) is 29.0 Å². The Bertz CT molecular complexity index is 770. The van der Waals surface area contributed by atoms with Crippen LogP contribution in [0.15, 0.2) is 30.3 Å². The smallest absolute Gasteiger partial charge is 0.163 e. The molecule has 0 radical (unpaired) electrons. The number of aromatic amines is 1. The zero-order chi connectivity index (χ0) is 14.2. The van der Waals surface area contributed by atoms with Crippen molar-refractivity contribution < 1.29 is 9.47 Å². The first-order valence-corrected chi connectivity index (χ1v) is 6.82. The number of fused-ring (bicyclic) bond motifs is 2. The molecule has 0 bridgehead atoms. The highest BCUT2D eigenvalue weighted by molar-refractivity contribution is 5.82. The number of aromatic nitrogens is 3. The Morgan fingerprint density at radius 3 is 2.67 bits per heavy atom. The summed E-state index contributed by atoms with van der Waals surface area (Å²) >= 11 is 0. The second-order valence-corrected chi connectivity index (χ2v) is 4.90. The van der Waals surface area contributed by atoms with Crippen molar-refractivity contribution in [2.75, 3.05) is 18.9 Å². The summed E-state index contributed by atoms with van der Waals surface area (Å²) in [5, 5.41) is 0. The van der Waals surface area contributed by atoms with E-state index in [1.807, 2.05) is 24.3 Å². The van der Waals surface area contributed by atoms with Crippen molar-refractivity contribution in [1.82, 2.24) is 15.0 Å². The lowest BCUT2D eigenvalue weighted by Crippen LogP contribution is -1.97. The predicted octanol–water partition coefficient (Wildman–Crippen LogP) is 2.37. The molecule has 0 amide bonds. The van der Waals surface area contributed by atoms with Crippen molar-refractivity contribution in [2.24, 2.45) is 0 Å². The Kier molecular flexibility index (Phi) is 2.67. The number of imidazole rings is 1. The molecule has 0 unspecified atom stereocenters. The second-order valence-electron chi connectivity index (χ2n) is 4.90. The first kappa shape index (κ1) is 12.0. The average molecular weight is 282 g/mol. The average Bonchev–Trinajstić information content (AvgIpc) is 2.76. The van der Waals surface area contributed by atoms with Gasteiger partial charge in [-0.05, 0) is 12.1 Å². The molecular weight excluding hydrogens is 268 g/mol. The normalized spacial score (nSPS) is 14.1. The van der Waals surface area contributed by atoms with E-state index in [1.54, 1.807) is 6.07 Å². The molecular formula is C15H14N4O2. The summed E-state index contributed by atoms with van der Waals surface area (Å²) in [5.41, 5.74) is 8.13. The molecule has 0 saturated carbocycles. The maximum Gasteiger partial charge on any atom is 0.163 e. The largest absolute Gasteiger partial charge is 0.489 e. The van der Waals surface area contributed by atoms with Crippen LogP contribution in [0.25, 0.3) is 22.6 Å². The lowest BCUT2D eigenvalue weighted by Gasteiger charge is -2.05. The highest BCUT2D eigenvalue weighted by atomic mass is 16.5. The number of hydrogen-bond acceptors (Lipinski definition) is 5. The molecule has 0 atom stereocenters. The summed E-state index contributed by atoms with van der Waals surface area (Å²) in [4.78, 5) is 12.1. The van der Waals surface area contributed by atoms with Gasteiger partial charge in [0.15, 0.2) is 17.3 Å². The van der Waals surface area contributed by atoms with E-state index in [1.165, 1.54) is 0 Å². The van der Waals surface area contributed by atoms with E-state index in [2.05, 4.69) is 15.0 Å². The van der Waals surface area contributed by atoms with Crippen LogP contribution < -0.4 is 15.2 Å². The van der Waals surface area contributed by atoms with Crippen LogP contribution in [-0.4, -0.2) is 28.2 Å². The fourth-order valence-electron chi connectivity index (χ4n) is 2.37. The topological polar surface area (TPSA) is 86.0 Å². The van der Waals surface area contributed by atoms with E-state index in [0.29, 0.717) is 30.5 Å². The van der Waals surface area contributed by atoms with Gasteiger partial charge in [-0.1, -0.05) is 6.07 Å². The number of rotatable bonds is 1. The van der Waals surface area contributed by atoms with Gasteiger partial charge < -0.3 is 20.2 Å². The van der Waals surface area contributed by atoms with Gasteiger partial charge in [-0.2, -0.15) is 0 Å². The summed E-state index contributed by atoms with van der Waals surface area (Å²) in [6.45, 7) is 1.32. The molecule has 3 heterocycles. The van der Waals surface area contributed by atoms with Crippen LogP contribution in [0.1, 0.15) is 6.42 Å². The molecule has 1 aliphatic heterocycles. The fraction of sp³-hybridized carbons (Fsp3) is 0.200. The monoisotopic (exact) mass is 282 g/mol. The molecule has 3 aromatic rings. The lowest BCUT2D eigenvalue weighted by atomic mass is 10.3. The van der Waals surface area contributed by atoms with E-state index in [-0.39, 0.29) is 0 Å². The van der Waals surface area contributed by atoms with E-state index >= 15 is 0 Å². The quantitative estimate of drug-likeness (QED) is 0.715. The van der Waals surface area contributed by atoms with Crippen molar-refractivity contribution >= 4 is 16.9 Å². The van der Waals surface area contributed by atoms with Crippen LogP contribution in [0.5, 0.6) is 11.5 Å². The molecule has 0 fully saturated rings. The minimum absolute atomic E-state index is 0.468. The zero-order valence-electron chi connectivity index (χ0n) is 11.3. The third kappa shape index (κ3) is 2.14. The molecule has 21 heavy (non-hydrogen) atoms. The summed E-state index contributed by atoms with van der Waals surface area (Å²) in [6.07, 6.45) is 0.883. The number of nitrogen functional groups attached to an aromatic ring is 1. The number of nitrogens with zero attached hydrogens (tertiary/aromatic N) is 2. The van der Waals surface area contributed by atoms with Gasteiger partial charge in [-0.25, -0.2) is 9.97 Å². The standard InChI is InChI=1S/C15H14N4O2/c16-14-4-1-3-9(17-14)15-18-10-7-12-13(8-11(10)19-15)21-6-2-5-20-12/h1,3-4,7-8H,2,5-6H2,(H2,16,17)(H,18,19). The van der Waals surface area contributed by atoms with Gasteiger partial charge in [-0.3, -0.25) is 0 Å². The summed E-state index contributed by atoms with van der Waals surface area (Å²) in [5.74, 6) is 2.63. The second kappa shape index (κ2) is 4.66. The van der Waals surface area contributed by atoms with Crippen LogP contribution in [0.4, 0.5) is 5.82 Å². The van der Waals surface area contributed by atoms with Crippen molar-refractivity contribution in [1.29, 1.82) is 0 Å². The number of anilines is 1. The highest BCUT2D eigenvalue weighted by Crippen LogP contribution is 2.34. The fourth-order valence-corrected chi connectivity index (χ4v) is 2.37. The Balaban J connectivity index is 1.83. The molecule has 1 aliphatic rings. The minimum Gasteiger partial charge on any atom is -0.489 e. The van der Waals surface area contributed by atoms with Crippen molar-refractivity contribution in [2.45, 2.75) is 6.42 Å². The Hall–Kier alpha value is -2.76. The Morgan fingerprint density at radius 1 is 1.05 bits per heavy atom. The molecule has 3 N–H and O–H groups in total.